The number of amides is 2. The van der Waals surface area contributed by atoms with Crippen molar-refractivity contribution in [2.75, 3.05) is 26.1 Å². The molecule has 0 aliphatic rings. The third-order valence-corrected chi connectivity index (χ3v) is 2.20. The van der Waals surface area contributed by atoms with Gasteiger partial charge in [-0.3, -0.25) is 9.59 Å². The molecule has 0 saturated carbocycles. The topological polar surface area (TPSA) is 76.7 Å². The van der Waals surface area contributed by atoms with Crippen LogP contribution in [0.1, 0.15) is 6.92 Å². The molecule has 0 bridgehead atoms. The van der Waals surface area contributed by atoms with Crippen molar-refractivity contribution in [2.24, 2.45) is 0 Å². The first-order valence-electron chi connectivity index (χ1n) is 5.43. The van der Waals surface area contributed by atoms with E-state index >= 15 is 0 Å². The molecule has 6 nitrogen and oxygen atoms in total. The Labute approximate surface area is 105 Å². The molecule has 6 heteroatoms. The molecule has 0 spiro atoms. The van der Waals surface area contributed by atoms with Crippen LogP contribution in [0.25, 0.3) is 0 Å². The molecule has 0 unspecified atom stereocenters. The van der Waals surface area contributed by atoms with Gasteiger partial charge in [-0.25, -0.2) is 0 Å². The summed E-state index contributed by atoms with van der Waals surface area (Å²) < 4.78 is 10.1. The summed E-state index contributed by atoms with van der Waals surface area (Å²) in [6.45, 7) is 2.12. The quantitative estimate of drug-likeness (QED) is 0.776. The van der Waals surface area contributed by atoms with Gasteiger partial charge in [-0.2, -0.15) is 0 Å². The number of ether oxygens (including phenoxy) is 2. The number of nitrogens with one attached hydrogen (secondary N) is 2. The van der Waals surface area contributed by atoms with Crippen LogP contribution in [0.15, 0.2) is 18.2 Å². The number of likely N-dealkylation sites (N-methyl/N-ethyl adjacent to an activating group) is 1. The minimum absolute atomic E-state index is 0.383. The van der Waals surface area contributed by atoms with Crippen molar-refractivity contribution < 1.29 is 19.1 Å². The molecule has 0 aromatic heterocycles. The Balaban J connectivity index is 2.88. The zero-order valence-corrected chi connectivity index (χ0v) is 10.6. The Hall–Kier alpha value is -2.24. The molecule has 0 radical (unpaired) electrons. The number of hydrogen-bond donors (Lipinski definition) is 2. The van der Waals surface area contributed by atoms with E-state index in [-0.39, 0.29) is 0 Å². The van der Waals surface area contributed by atoms with E-state index in [0.717, 1.165) is 0 Å². The van der Waals surface area contributed by atoms with E-state index in [0.29, 0.717) is 23.7 Å². The van der Waals surface area contributed by atoms with Crippen LogP contribution in [0.4, 0.5) is 5.69 Å². The second kappa shape index (κ2) is 6.48. The molecule has 0 atom stereocenters. The lowest BCUT2D eigenvalue weighted by Crippen LogP contribution is -2.35. The van der Waals surface area contributed by atoms with Crippen LogP contribution in [0, 0.1) is 0 Å². The molecular formula is C12H16N2O4. The molecule has 0 fully saturated rings. The Morgan fingerprint density at radius 2 is 1.89 bits per heavy atom. The van der Waals surface area contributed by atoms with E-state index in [9.17, 15) is 9.59 Å². The Morgan fingerprint density at radius 1 is 1.17 bits per heavy atom. The maximum absolute atomic E-state index is 11.6. The van der Waals surface area contributed by atoms with E-state index in [4.69, 9.17) is 9.47 Å². The normalized spacial score (nSPS) is 9.50. The van der Waals surface area contributed by atoms with Gasteiger partial charge in [0.25, 0.3) is 0 Å². The van der Waals surface area contributed by atoms with Gasteiger partial charge >= 0.3 is 11.8 Å². The molecule has 2 amide bonds. The SMILES string of the molecule is CCNC(=O)C(=O)Nc1cc(OC)ccc1OC. The van der Waals surface area contributed by atoms with Gasteiger partial charge < -0.3 is 20.1 Å². The minimum atomic E-state index is -0.747. The van der Waals surface area contributed by atoms with E-state index in [1.165, 1.54) is 14.2 Å². The Bertz CT molecular complexity index is 446. The van der Waals surface area contributed by atoms with Crippen LogP contribution < -0.4 is 20.1 Å². The average molecular weight is 252 g/mol. The first-order valence-corrected chi connectivity index (χ1v) is 5.43. The second-order valence-corrected chi connectivity index (χ2v) is 3.38. The number of rotatable bonds is 4. The van der Waals surface area contributed by atoms with Gasteiger partial charge in [0.2, 0.25) is 0 Å². The summed E-state index contributed by atoms with van der Waals surface area (Å²) in [4.78, 5) is 22.9. The fourth-order valence-electron chi connectivity index (χ4n) is 1.33. The van der Waals surface area contributed by atoms with Gasteiger partial charge in [0, 0.05) is 12.6 Å². The van der Waals surface area contributed by atoms with Gasteiger partial charge in [-0.1, -0.05) is 0 Å². The number of benzene rings is 1. The highest BCUT2D eigenvalue weighted by atomic mass is 16.5. The average Bonchev–Trinajstić information content (AvgIpc) is 2.38. The summed E-state index contributed by atoms with van der Waals surface area (Å²) in [7, 11) is 2.99. The standard InChI is InChI=1S/C12H16N2O4/c1-4-13-11(15)12(16)14-9-7-8(17-2)5-6-10(9)18-3/h5-7H,4H2,1-3H3,(H,13,15)(H,14,16). The van der Waals surface area contributed by atoms with E-state index in [2.05, 4.69) is 10.6 Å². The van der Waals surface area contributed by atoms with Gasteiger partial charge in [0.05, 0.1) is 19.9 Å². The molecule has 0 aliphatic carbocycles. The van der Waals surface area contributed by atoms with Crippen molar-refractivity contribution in [1.82, 2.24) is 5.32 Å². The first kappa shape index (κ1) is 13.8. The van der Waals surface area contributed by atoms with Crippen molar-refractivity contribution in [3.8, 4) is 11.5 Å². The molecule has 18 heavy (non-hydrogen) atoms. The monoisotopic (exact) mass is 252 g/mol. The smallest absolute Gasteiger partial charge is 0.313 e. The fraction of sp³-hybridized carbons (Fsp3) is 0.333. The number of hydrogen-bond acceptors (Lipinski definition) is 4. The van der Waals surface area contributed by atoms with Gasteiger partial charge in [-0.15, -0.1) is 0 Å². The van der Waals surface area contributed by atoms with Crippen LogP contribution in [0.5, 0.6) is 11.5 Å². The summed E-state index contributed by atoms with van der Waals surface area (Å²) in [6, 6.07) is 4.92. The van der Waals surface area contributed by atoms with Crippen molar-refractivity contribution in [3.63, 3.8) is 0 Å². The summed E-state index contributed by atoms with van der Waals surface area (Å²) in [5, 5.41) is 4.87. The number of carbonyl (C=O) groups excluding carboxylic acids is 2. The predicted octanol–water partition coefficient (Wildman–Crippen LogP) is 0.778. The van der Waals surface area contributed by atoms with E-state index in [1.54, 1.807) is 25.1 Å². The van der Waals surface area contributed by atoms with Gasteiger partial charge in [0.15, 0.2) is 0 Å². The Morgan fingerprint density at radius 3 is 2.44 bits per heavy atom. The molecule has 0 saturated heterocycles. The van der Waals surface area contributed by atoms with Crippen LogP contribution in [-0.2, 0) is 9.59 Å². The highest BCUT2D eigenvalue weighted by molar-refractivity contribution is 6.39. The molecule has 1 aromatic carbocycles. The third kappa shape index (κ3) is 3.38. The van der Waals surface area contributed by atoms with E-state index < -0.39 is 11.8 Å². The molecule has 1 rings (SSSR count). The summed E-state index contributed by atoms with van der Waals surface area (Å²) in [5.41, 5.74) is 0.383. The molecular weight excluding hydrogens is 236 g/mol. The van der Waals surface area contributed by atoms with Crippen molar-refractivity contribution in [2.45, 2.75) is 6.92 Å². The Kier molecular flexibility index (Phi) is 4.98. The van der Waals surface area contributed by atoms with E-state index in [1.807, 2.05) is 0 Å². The zero-order chi connectivity index (χ0) is 13.5. The highest BCUT2D eigenvalue weighted by Gasteiger charge is 2.15. The first-order chi connectivity index (χ1) is 8.62. The molecule has 98 valence electrons. The van der Waals surface area contributed by atoms with Gasteiger partial charge in [0.1, 0.15) is 11.5 Å². The van der Waals surface area contributed by atoms with Crippen LogP contribution >= 0.6 is 0 Å². The molecule has 0 heterocycles. The largest absolute Gasteiger partial charge is 0.497 e. The predicted molar refractivity (Wildman–Crippen MR) is 66.9 cm³/mol. The van der Waals surface area contributed by atoms with Crippen molar-refractivity contribution in [3.05, 3.63) is 18.2 Å². The van der Waals surface area contributed by atoms with Crippen molar-refractivity contribution in [1.29, 1.82) is 0 Å². The summed E-state index contributed by atoms with van der Waals surface area (Å²) >= 11 is 0. The number of carbonyl (C=O) groups is 2. The lowest BCUT2D eigenvalue weighted by Gasteiger charge is -2.11. The second-order valence-electron chi connectivity index (χ2n) is 3.38. The lowest BCUT2D eigenvalue weighted by molar-refractivity contribution is -0.136. The number of methoxy groups -OCH3 is 2. The zero-order valence-electron chi connectivity index (χ0n) is 10.6. The minimum Gasteiger partial charge on any atom is -0.497 e. The highest BCUT2D eigenvalue weighted by Crippen LogP contribution is 2.28. The molecule has 1 aromatic rings. The maximum Gasteiger partial charge on any atom is 0.313 e. The van der Waals surface area contributed by atoms with Crippen LogP contribution in [0.3, 0.4) is 0 Å². The van der Waals surface area contributed by atoms with Crippen LogP contribution in [0.2, 0.25) is 0 Å². The van der Waals surface area contributed by atoms with Gasteiger partial charge in [-0.05, 0) is 19.1 Å². The summed E-state index contributed by atoms with van der Waals surface area (Å²) in [5.74, 6) is -0.429. The summed E-state index contributed by atoms with van der Waals surface area (Å²) in [6.07, 6.45) is 0. The lowest BCUT2D eigenvalue weighted by atomic mass is 10.2. The maximum atomic E-state index is 11.6. The fourth-order valence-corrected chi connectivity index (χ4v) is 1.33. The van der Waals surface area contributed by atoms with Crippen LogP contribution in [-0.4, -0.2) is 32.6 Å². The molecule has 2 N–H and O–H groups in total. The number of anilines is 1. The van der Waals surface area contributed by atoms with Crippen molar-refractivity contribution >= 4 is 17.5 Å². The molecule has 0 aliphatic heterocycles. The third-order valence-electron chi connectivity index (χ3n) is 2.20.